The smallest absolute Gasteiger partial charge is 0.255 e. The maximum Gasteiger partial charge on any atom is 0.255 e. The van der Waals surface area contributed by atoms with E-state index in [1.807, 2.05) is 39.0 Å². The predicted molar refractivity (Wildman–Crippen MR) is 109 cm³/mol. The van der Waals surface area contributed by atoms with E-state index in [0.29, 0.717) is 17.7 Å². The summed E-state index contributed by atoms with van der Waals surface area (Å²) in [7, 11) is 0. The molecular weight excluding hydrogens is 346 g/mol. The molecule has 0 aliphatic rings. The van der Waals surface area contributed by atoms with Crippen LogP contribution in [0.15, 0.2) is 48.5 Å². The summed E-state index contributed by atoms with van der Waals surface area (Å²) in [6.45, 7) is 5.84. The lowest BCUT2D eigenvalue weighted by Crippen LogP contribution is -2.34. The van der Waals surface area contributed by atoms with Crippen molar-refractivity contribution in [1.29, 1.82) is 0 Å². The minimum absolute atomic E-state index is 0.111. The highest BCUT2D eigenvalue weighted by atomic mass is 32.1. The molecule has 0 aliphatic carbocycles. The third-order valence-corrected chi connectivity index (χ3v) is 3.84. The number of thiocarbonyl (C=S) groups is 1. The van der Waals surface area contributed by atoms with E-state index in [4.69, 9.17) is 12.2 Å². The Hall–Kier alpha value is -2.73. The van der Waals surface area contributed by atoms with Crippen LogP contribution in [0.3, 0.4) is 0 Å². The molecule has 0 saturated carbocycles. The van der Waals surface area contributed by atoms with Crippen molar-refractivity contribution in [2.24, 2.45) is 5.92 Å². The number of aryl methyl sites for hydroxylation is 1. The third kappa shape index (κ3) is 5.97. The summed E-state index contributed by atoms with van der Waals surface area (Å²) in [5, 5.41) is 8.72. The summed E-state index contributed by atoms with van der Waals surface area (Å²) < 4.78 is 0. The molecule has 2 amide bonds. The molecule has 0 aromatic heterocycles. The molecule has 0 bridgehead atoms. The average molecular weight is 369 g/mol. The Morgan fingerprint density at radius 3 is 2.12 bits per heavy atom. The first-order valence-corrected chi connectivity index (χ1v) is 8.84. The SMILES string of the molecule is Cc1ccccc1C(=O)Nc1ccc(NC(=S)NC(=O)CC(C)C)cc1. The Kier molecular flexibility index (Phi) is 6.86. The molecule has 5 nitrogen and oxygen atoms in total. The van der Waals surface area contributed by atoms with E-state index >= 15 is 0 Å². The molecule has 2 aromatic carbocycles. The summed E-state index contributed by atoms with van der Waals surface area (Å²) in [5.74, 6) is 0.00818. The fraction of sp³-hybridized carbons (Fsp3) is 0.250. The van der Waals surface area contributed by atoms with Gasteiger partial charge in [-0.1, -0.05) is 32.0 Å². The highest BCUT2D eigenvalue weighted by molar-refractivity contribution is 7.80. The lowest BCUT2D eigenvalue weighted by molar-refractivity contribution is -0.120. The highest BCUT2D eigenvalue weighted by Gasteiger charge is 2.09. The molecule has 0 aliphatic heterocycles. The number of carbonyl (C=O) groups is 2. The summed E-state index contributed by atoms with van der Waals surface area (Å²) in [6, 6.07) is 14.5. The van der Waals surface area contributed by atoms with Gasteiger partial charge in [0.1, 0.15) is 0 Å². The highest BCUT2D eigenvalue weighted by Crippen LogP contribution is 2.16. The van der Waals surface area contributed by atoms with Gasteiger partial charge in [-0.15, -0.1) is 0 Å². The van der Waals surface area contributed by atoms with Crippen molar-refractivity contribution in [2.45, 2.75) is 27.2 Å². The van der Waals surface area contributed by atoms with Gasteiger partial charge in [0.05, 0.1) is 0 Å². The number of nitrogens with one attached hydrogen (secondary N) is 3. The van der Waals surface area contributed by atoms with Gasteiger partial charge in [-0.25, -0.2) is 0 Å². The maximum atomic E-state index is 12.3. The summed E-state index contributed by atoms with van der Waals surface area (Å²) in [4.78, 5) is 24.0. The number of benzene rings is 2. The molecule has 2 rings (SSSR count). The first kappa shape index (κ1) is 19.6. The van der Waals surface area contributed by atoms with Crippen LogP contribution in [0.1, 0.15) is 36.2 Å². The molecule has 0 fully saturated rings. The van der Waals surface area contributed by atoms with Crippen LogP contribution in [-0.2, 0) is 4.79 Å². The first-order chi connectivity index (χ1) is 12.3. The van der Waals surface area contributed by atoms with E-state index in [0.717, 1.165) is 11.3 Å². The second-order valence-corrected chi connectivity index (χ2v) is 6.85. The second-order valence-electron chi connectivity index (χ2n) is 6.45. The van der Waals surface area contributed by atoms with Crippen molar-refractivity contribution in [3.63, 3.8) is 0 Å². The largest absolute Gasteiger partial charge is 0.332 e. The number of anilines is 2. The van der Waals surface area contributed by atoms with Crippen LogP contribution in [-0.4, -0.2) is 16.9 Å². The predicted octanol–water partition coefficient (Wildman–Crippen LogP) is 4.11. The molecule has 136 valence electrons. The van der Waals surface area contributed by atoms with E-state index in [9.17, 15) is 9.59 Å². The molecule has 26 heavy (non-hydrogen) atoms. The Labute approximate surface area is 159 Å². The van der Waals surface area contributed by atoms with Crippen molar-refractivity contribution in [3.8, 4) is 0 Å². The van der Waals surface area contributed by atoms with Crippen molar-refractivity contribution in [2.75, 3.05) is 10.6 Å². The van der Waals surface area contributed by atoms with Crippen LogP contribution in [0.25, 0.3) is 0 Å². The average Bonchev–Trinajstić information content (AvgIpc) is 2.56. The lowest BCUT2D eigenvalue weighted by atomic mass is 10.1. The van der Waals surface area contributed by atoms with Crippen molar-refractivity contribution in [3.05, 3.63) is 59.7 Å². The van der Waals surface area contributed by atoms with Crippen molar-refractivity contribution in [1.82, 2.24) is 5.32 Å². The first-order valence-electron chi connectivity index (χ1n) is 8.43. The minimum atomic E-state index is -0.153. The van der Waals surface area contributed by atoms with Crippen LogP contribution in [0, 0.1) is 12.8 Å². The summed E-state index contributed by atoms with van der Waals surface area (Å²) in [6.07, 6.45) is 0.422. The Morgan fingerprint density at radius 2 is 1.54 bits per heavy atom. The van der Waals surface area contributed by atoms with Gasteiger partial charge in [-0.3, -0.25) is 9.59 Å². The number of rotatable bonds is 5. The maximum absolute atomic E-state index is 12.3. The van der Waals surface area contributed by atoms with Crippen LogP contribution in [0.4, 0.5) is 11.4 Å². The molecule has 3 N–H and O–H groups in total. The van der Waals surface area contributed by atoms with Crippen LogP contribution >= 0.6 is 12.2 Å². The van der Waals surface area contributed by atoms with E-state index in [1.54, 1.807) is 30.3 Å². The second kappa shape index (κ2) is 9.10. The quantitative estimate of drug-likeness (QED) is 0.694. The van der Waals surface area contributed by atoms with Gasteiger partial charge in [0.15, 0.2) is 5.11 Å². The molecule has 0 radical (unpaired) electrons. The molecule has 6 heteroatoms. The summed E-state index contributed by atoms with van der Waals surface area (Å²) >= 11 is 5.13. The Morgan fingerprint density at radius 1 is 0.962 bits per heavy atom. The van der Waals surface area contributed by atoms with E-state index in [2.05, 4.69) is 16.0 Å². The van der Waals surface area contributed by atoms with Crippen LogP contribution in [0.5, 0.6) is 0 Å². The number of hydrogen-bond acceptors (Lipinski definition) is 3. The zero-order valence-electron chi connectivity index (χ0n) is 15.1. The van der Waals surface area contributed by atoms with Gasteiger partial charge in [0.25, 0.3) is 5.91 Å². The summed E-state index contributed by atoms with van der Waals surface area (Å²) in [5.41, 5.74) is 2.97. The van der Waals surface area contributed by atoms with Gasteiger partial charge in [0.2, 0.25) is 5.91 Å². The third-order valence-electron chi connectivity index (χ3n) is 3.64. The Bertz CT molecular complexity index is 801. The molecule has 0 saturated heterocycles. The molecule has 0 spiro atoms. The van der Waals surface area contributed by atoms with E-state index in [1.165, 1.54) is 0 Å². The van der Waals surface area contributed by atoms with Crippen LogP contribution in [0.2, 0.25) is 0 Å². The fourth-order valence-electron chi connectivity index (χ4n) is 2.37. The molecular formula is C20H23N3O2S. The lowest BCUT2D eigenvalue weighted by Gasteiger charge is -2.12. The molecule has 0 heterocycles. The van der Waals surface area contributed by atoms with E-state index in [-0.39, 0.29) is 22.8 Å². The number of hydrogen-bond donors (Lipinski definition) is 3. The topological polar surface area (TPSA) is 70.2 Å². The van der Waals surface area contributed by atoms with Gasteiger partial charge < -0.3 is 16.0 Å². The van der Waals surface area contributed by atoms with E-state index < -0.39 is 0 Å². The minimum Gasteiger partial charge on any atom is -0.332 e. The zero-order valence-corrected chi connectivity index (χ0v) is 15.9. The normalized spacial score (nSPS) is 10.3. The number of carbonyl (C=O) groups excluding carboxylic acids is 2. The monoisotopic (exact) mass is 369 g/mol. The van der Waals surface area contributed by atoms with Crippen molar-refractivity contribution >= 4 is 40.5 Å². The van der Waals surface area contributed by atoms with Gasteiger partial charge in [-0.2, -0.15) is 0 Å². The zero-order chi connectivity index (χ0) is 19.1. The molecule has 2 aromatic rings. The van der Waals surface area contributed by atoms with Gasteiger partial charge in [0, 0.05) is 23.4 Å². The standard InChI is InChI=1S/C20H23N3O2S/c1-13(2)12-18(24)23-20(26)22-16-10-8-15(9-11-16)21-19(25)17-7-5-4-6-14(17)3/h4-11,13H,12H2,1-3H3,(H,21,25)(H2,22,23,24,26). The fourth-order valence-corrected chi connectivity index (χ4v) is 2.61. The van der Waals surface area contributed by atoms with Gasteiger partial charge >= 0.3 is 0 Å². The Balaban J connectivity index is 1.92. The van der Waals surface area contributed by atoms with Gasteiger partial charge in [-0.05, 0) is 61.0 Å². The molecule has 0 atom stereocenters. The van der Waals surface area contributed by atoms with Crippen LogP contribution < -0.4 is 16.0 Å². The molecule has 0 unspecified atom stereocenters. The number of amides is 2. The van der Waals surface area contributed by atoms with Crippen molar-refractivity contribution < 1.29 is 9.59 Å².